The highest BCUT2D eigenvalue weighted by Gasteiger charge is 2.13. The van der Waals surface area contributed by atoms with Gasteiger partial charge in [-0.1, -0.05) is 29.3 Å². The lowest BCUT2D eigenvalue weighted by Crippen LogP contribution is -2.11. The molecule has 1 aromatic carbocycles. The van der Waals surface area contributed by atoms with Gasteiger partial charge in [-0.15, -0.1) is 11.3 Å². The number of thiazole rings is 1. The van der Waals surface area contributed by atoms with E-state index in [2.05, 4.69) is 4.98 Å². The number of nitrogens with two attached hydrogens (primary N) is 1. The number of rotatable bonds is 2. The fourth-order valence-electron chi connectivity index (χ4n) is 1.21. The SMILES string of the molecule is N=C(N)c1csc(-c2c(Cl)cccc2Cl)n1. The van der Waals surface area contributed by atoms with Crippen molar-refractivity contribution >= 4 is 40.4 Å². The maximum Gasteiger partial charge on any atom is 0.142 e. The van der Waals surface area contributed by atoms with Gasteiger partial charge in [0, 0.05) is 10.9 Å². The normalized spacial score (nSPS) is 10.4. The zero-order valence-corrected chi connectivity index (χ0v) is 10.3. The summed E-state index contributed by atoms with van der Waals surface area (Å²) < 4.78 is 0. The van der Waals surface area contributed by atoms with Gasteiger partial charge >= 0.3 is 0 Å². The van der Waals surface area contributed by atoms with E-state index < -0.39 is 0 Å². The van der Waals surface area contributed by atoms with E-state index in [9.17, 15) is 0 Å². The molecule has 3 nitrogen and oxygen atoms in total. The van der Waals surface area contributed by atoms with Crippen molar-refractivity contribution < 1.29 is 0 Å². The smallest absolute Gasteiger partial charge is 0.142 e. The molecule has 0 spiro atoms. The van der Waals surface area contributed by atoms with Gasteiger partial charge in [-0.25, -0.2) is 4.98 Å². The van der Waals surface area contributed by atoms with Gasteiger partial charge in [-0.05, 0) is 12.1 Å². The van der Waals surface area contributed by atoms with Crippen molar-refractivity contribution in [3.05, 3.63) is 39.3 Å². The molecule has 82 valence electrons. The van der Waals surface area contributed by atoms with Gasteiger partial charge in [-0.2, -0.15) is 0 Å². The molecule has 1 heterocycles. The Kier molecular flexibility index (Phi) is 3.14. The van der Waals surface area contributed by atoms with E-state index in [4.69, 9.17) is 34.3 Å². The summed E-state index contributed by atoms with van der Waals surface area (Å²) in [5.74, 6) is -0.0642. The van der Waals surface area contributed by atoms with Crippen LogP contribution in [0.2, 0.25) is 10.0 Å². The summed E-state index contributed by atoms with van der Waals surface area (Å²) in [6, 6.07) is 5.27. The first-order valence-corrected chi connectivity index (χ1v) is 5.97. The van der Waals surface area contributed by atoms with Crippen LogP contribution in [0.1, 0.15) is 5.69 Å². The van der Waals surface area contributed by atoms with Crippen LogP contribution in [0.5, 0.6) is 0 Å². The van der Waals surface area contributed by atoms with Crippen LogP contribution in [0.15, 0.2) is 23.6 Å². The zero-order chi connectivity index (χ0) is 11.7. The third kappa shape index (κ3) is 2.04. The van der Waals surface area contributed by atoms with Crippen molar-refractivity contribution in [1.82, 2.24) is 4.98 Å². The number of aromatic nitrogens is 1. The Balaban J connectivity index is 2.54. The number of halogens is 2. The molecule has 0 aliphatic carbocycles. The van der Waals surface area contributed by atoms with E-state index in [-0.39, 0.29) is 5.84 Å². The molecule has 3 N–H and O–H groups in total. The van der Waals surface area contributed by atoms with Gasteiger partial charge < -0.3 is 5.73 Å². The van der Waals surface area contributed by atoms with E-state index in [1.165, 1.54) is 11.3 Å². The quantitative estimate of drug-likeness (QED) is 0.650. The van der Waals surface area contributed by atoms with E-state index in [1.807, 2.05) is 0 Å². The van der Waals surface area contributed by atoms with Crippen LogP contribution >= 0.6 is 34.5 Å². The van der Waals surface area contributed by atoms with Crippen molar-refractivity contribution in [3.63, 3.8) is 0 Å². The summed E-state index contributed by atoms with van der Waals surface area (Å²) in [5.41, 5.74) is 6.47. The van der Waals surface area contributed by atoms with Crippen molar-refractivity contribution in [2.45, 2.75) is 0 Å². The molecule has 0 aliphatic heterocycles. The van der Waals surface area contributed by atoms with Crippen LogP contribution in [0.4, 0.5) is 0 Å². The minimum absolute atomic E-state index is 0.0642. The molecule has 2 aromatic rings. The van der Waals surface area contributed by atoms with E-state index in [0.717, 1.165) is 0 Å². The lowest BCUT2D eigenvalue weighted by atomic mass is 10.2. The van der Waals surface area contributed by atoms with Crippen LogP contribution in [0, 0.1) is 5.41 Å². The predicted octanol–water partition coefficient (Wildman–Crippen LogP) is 3.40. The van der Waals surface area contributed by atoms with Crippen LogP contribution in [-0.2, 0) is 0 Å². The first-order chi connectivity index (χ1) is 7.59. The van der Waals surface area contributed by atoms with Gasteiger partial charge in [0.1, 0.15) is 16.5 Å². The standard InChI is InChI=1S/C10H7Cl2N3S/c11-5-2-1-3-6(12)8(5)10-15-7(4-16-10)9(13)14/h1-4H,(H3,13,14). The second-order valence-electron chi connectivity index (χ2n) is 3.05. The molecule has 0 atom stereocenters. The molecule has 0 saturated heterocycles. The molecule has 0 bridgehead atoms. The summed E-state index contributed by atoms with van der Waals surface area (Å²) >= 11 is 13.5. The second kappa shape index (κ2) is 4.41. The Bertz CT molecular complexity index is 530. The minimum Gasteiger partial charge on any atom is -0.382 e. The highest BCUT2D eigenvalue weighted by atomic mass is 35.5. The summed E-state index contributed by atoms with van der Waals surface area (Å²) in [4.78, 5) is 4.20. The Hall–Kier alpha value is -1.10. The third-order valence-corrected chi connectivity index (χ3v) is 3.45. The summed E-state index contributed by atoms with van der Waals surface area (Å²) in [6.07, 6.45) is 0. The van der Waals surface area contributed by atoms with E-state index in [0.29, 0.717) is 26.3 Å². The predicted molar refractivity (Wildman–Crippen MR) is 68.6 cm³/mol. The molecular formula is C10H7Cl2N3S. The van der Waals surface area contributed by atoms with Gasteiger partial charge in [0.2, 0.25) is 0 Å². The average molecular weight is 272 g/mol. The molecular weight excluding hydrogens is 265 g/mol. The molecule has 0 saturated carbocycles. The van der Waals surface area contributed by atoms with Gasteiger partial charge in [0.05, 0.1) is 10.0 Å². The lowest BCUT2D eigenvalue weighted by molar-refractivity contribution is 1.32. The van der Waals surface area contributed by atoms with Gasteiger partial charge in [-0.3, -0.25) is 5.41 Å². The van der Waals surface area contributed by atoms with Crippen LogP contribution in [0.25, 0.3) is 10.6 Å². The average Bonchev–Trinajstić information content (AvgIpc) is 2.66. The van der Waals surface area contributed by atoms with Crippen molar-refractivity contribution in [1.29, 1.82) is 5.41 Å². The monoisotopic (exact) mass is 271 g/mol. The fourth-order valence-corrected chi connectivity index (χ4v) is 2.79. The number of hydrogen-bond acceptors (Lipinski definition) is 3. The number of nitrogen functional groups attached to an aromatic ring is 1. The first kappa shape index (κ1) is 11.4. The van der Waals surface area contributed by atoms with Crippen molar-refractivity contribution in [2.24, 2.45) is 5.73 Å². The Morgan fingerprint density at radius 1 is 1.31 bits per heavy atom. The second-order valence-corrected chi connectivity index (χ2v) is 4.72. The highest BCUT2D eigenvalue weighted by Crippen LogP contribution is 2.36. The Labute approximate surface area is 106 Å². The number of hydrogen-bond donors (Lipinski definition) is 2. The fraction of sp³-hybridized carbons (Fsp3) is 0. The van der Waals surface area contributed by atoms with Crippen LogP contribution in [-0.4, -0.2) is 10.8 Å². The lowest BCUT2D eigenvalue weighted by Gasteiger charge is -2.02. The van der Waals surface area contributed by atoms with E-state index >= 15 is 0 Å². The Morgan fingerprint density at radius 3 is 2.44 bits per heavy atom. The summed E-state index contributed by atoms with van der Waals surface area (Å²) in [5, 5.41) is 10.7. The van der Waals surface area contributed by atoms with Crippen molar-refractivity contribution in [2.75, 3.05) is 0 Å². The van der Waals surface area contributed by atoms with Crippen molar-refractivity contribution in [3.8, 4) is 10.6 Å². The third-order valence-electron chi connectivity index (χ3n) is 1.96. The van der Waals surface area contributed by atoms with Crippen LogP contribution < -0.4 is 5.73 Å². The molecule has 0 radical (unpaired) electrons. The molecule has 1 aromatic heterocycles. The first-order valence-electron chi connectivity index (χ1n) is 4.34. The van der Waals surface area contributed by atoms with Crippen LogP contribution in [0.3, 0.4) is 0 Å². The zero-order valence-electron chi connectivity index (χ0n) is 8.00. The Morgan fingerprint density at radius 2 is 1.94 bits per heavy atom. The highest BCUT2D eigenvalue weighted by molar-refractivity contribution is 7.13. The summed E-state index contributed by atoms with van der Waals surface area (Å²) in [7, 11) is 0. The number of benzene rings is 1. The van der Waals surface area contributed by atoms with E-state index in [1.54, 1.807) is 23.6 Å². The maximum atomic E-state index is 7.27. The molecule has 0 fully saturated rings. The largest absolute Gasteiger partial charge is 0.382 e. The molecule has 0 amide bonds. The molecule has 0 unspecified atom stereocenters. The minimum atomic E-state index is -0.0642. The molecule has 16 heavy (non-hydrogen) atoms. The molecule has 6 heteroatoms. The van der Waals surface area contributed by atoms with Gasteiger partial charge in [0.15, 0.2) is 0 Å². The maximum absolute atomic E-state index is 7.27. The number of amidine groups is 1. The van der Waals surface area contributed by atoms with Gasteiger partial charge in [0.25, 0.3) is 0 Å². The molecule has 0 aliphatic rings. The summed E-state index contributed by atoms with van der Waals surface area (Å²) in [6.45, 7) is 0. The number of nitrogens with one attached hydrogen (secondary N) is 1. The number of nitrogens with zero attached hydrogens (tertiary/aromatic N) is 1. The topological polar surface area (TPSA) is 62.8 Å². The molecule has 2 rings (SSSR count).